The van der Waals surface area contributed by atoms with Crippen molar-refractivity contribution in [3.05, 3.63) is 18.2 Å². The van der Waals surface area contributed by atoms with Crippen molar-refractivity contribution in [3.63, 3.8) is 0 Å². The smallest absolute Gasteiger partial charge is 0.247 e. The van der Waals surface area contributed by atoms with Gasteiger partial charge in [0.25, 0.3) is 0 Å². The Morgan fingerprint density at radius 1 is 1.28 bits per heavy atom. The van der Waals surface area contributed by atoms with Gasteiger partial charge in [-0.1, -0.05) is 6.92 Å². The molecule has 142 valence electrons. The van der Waals surface area contributed by atoms with Crippen molar-refractivity contribution in [1.29, 1.82) is 0 Å². The van der Waals surface area contributed by atoms with Gasteiger partial charge in [0.15, 0.2) is 9.84 Å². The van der Waals surface area contributed by atoms with Crippen LogP contribution >= 0.6 is 0 Å². The molecule has 2 atom stereocenters. The molecule has 0 radical (unpaired) electrons. The maximum absolute atomic E-state index is 13.4. The highest BCUT2D eigenvalue weighted by Crippen LogP contribution is 2.34. The van der Waals surface area contributed by atoms with Gasteiger partial charge in [0, 0.05) is 18.2 Å². The summed E-state index contributed by atoms with van der Waals surface area (Å²) < 4.78 is 62.2. The van der Waals surface area contributed by atoms with Gasteiger partial charge in [0.1, 0.15) is 16.4 Å². The molecular formula is C16H25NO6S2. The highest BCUT2D eigenvalue weighted by molar-refractivity contribution is 7.92. The highest BCUT2D eigenvalue weighted by Gasteiger charge is 2.42. The Kier molecular flexibility index (Phi) is 6.01. The molecule has 0 N–H and O–H groups in total. The molecule has 0 saturated carbocycles. The molecule has 1 aromatic carbocycles. The number of benzene rings is 1. The van der Waals surface area contributed by atoms with Crippen LogP contribution in [0.5, 0.6) is 11.5 Å². The van der Waals surface area contributed by atoms with Gasteiger partial charge in [0.2, 0.25) is 10.0 Å². The summed E-state index contributed by atoms with van der Waals surface area (Å²) in [6.45, 7) is 3.66. The van der Waals surface area contributed by atoms with Crippen LogP contribution in [0.15, 0.2) is 23.1 Å². The van der Waals surface area contributed by atoms with E-state index in [4.69, 9.17) is 9.47 Å². The van der Waals surface area contributed by atoms with Gasteiger partial charge in [-0.2, -0.15) is 4.31 Å². The molecule has 0 spiro atoms. The molecule has 1 aromatic rings. The zero-order valence-corrected chi connectivity index (χ0v) is 16.6. The second-order valence-corrected chi connectivity index (χ2v) is 10.2. The van der Waals surface area contributed by atoms with E-state index in [2.05, 4.69) is 0 Å². The predicted octanol–water partition coefficient (Wildman–Crippen LogP) is 1.68. The van der Waals surface area contributed by atoms with E-state index < -0.39 is 25.9 Å². The molecule has 0 aliphatic carbocycles. The zero-order valence-electron chi connectivity index (χ0n) is 14.9. The molecule has 1 aliphatic heterocycles. The molecule has 0 amide bonds. The van der Waals surface area contributed by atoms with E-state index in [0.717, 1.165) is 0 Å². The van der Waals surface area contributed by atoms with Crippen LogP contribution < -0.4 is 9.47 Å². The fourth-order valence-electron chi connectivity index (χ4n) is 3.05. The summed E-state index contributed by atoms with van der Waals surface area (Å²) in [7, 11) is -4.32. The molecule has 25 heavy (non-hydrogen) atoms. The molecule has 1 aliphatic rings. The molecule has 1 saturated heterocycles. The molecule has 1 fully saturated rings. The maximum Gasteiger partial charge on any atom is 0.247 e. The van der Waals surface area contributed by atoms with Crippen molar-refractivity contribution < 1.29 is 26.3 Å². The first-order valence-corrected chi connectivity index (χ1v) is 11.4. The summed E-state index contributed by atoms with van der Waals surface area (Å²) in [5, 5.41) is 0. The zero-order chi connectivity index (χ0) is 18.8. The fraction of sp³-hybridized carbons (Fsp3) is 0.625. The lowest BCUT2D eigenvalue weighted by Crippen LogP contribution is -2.46. The third kappa shape index (κ3) is 4.09. The number of ether oxygens (including phenoxy) is 2. The first-order valence-electron chi connectivity index (χ1n) is 8.12. The minimum Gasteiger partial charge on any atom is -0.497 e. The molecule has 1 heterocycles. The summed E-state index contributed by atoms with van der Waals surface area (Å²) in [5.41, 5.74) is 0. The average molecular weight is 392 g/mol. The topological polar surface area (TPSA) is 90.0 Å². The van der Waals surface area contributed by atoms with E-state index in [9.17, 15) is 16.8 Å². The van der Waals surface area contributed by atoms with E-state index in [-0.39, 0.29) is 28.2 Å². The third-order valence-electron chi connectivity index (χ3n) is 4.52. The molecule has 0 aromatic heterocycles. The number of sulfonamides is 1. The van der Waals surface area contributed by atoms with Crippen LogP contribution in [0.4, 0.5) is 0 Å². The average Bonchev–Trinajstić information content (AvgIpc) is 2.93. The Hall–Kier alpha value is -1.32. The monoisotopic (exact) mass is 391 g/mol. The van der Waals surface area contributed by atoms with E-state index >= 15 is 0 Å². The maximum atomic E-state index is 13.4. The van der Waals surface area contributed by atoms with Crippen LogP contribution in [0.25, 0.3) is 0 Å². The molecule has 0 bridgehead atoms. The molecular weight excluding hydrogens is 366 g/mol. The van der Waals surface area contributed by atoms with Crippen molar-refractivity contribution in [3.8, 4) is 11.5 Å². The lowest BCUT2D eigenvalue weighted by molar-refractivity contribution is 0.270. The second kappa shape index (κ2) is 7.51. The van der Waals surface area contributed by atoms with Crippen molar-refractivity contribution in [2.45, 2.75) is 43.7 Å². The molecule has 7 nitrogen and oxygen atoms in total. The van der Waals surface area contributed by atoms with Gasteiger partial charge in [-0.3, -0.25) is 0 Å². The third-order valence-corrected chi connectivity index (χ3v) is 8.36. The van der Waals surface area contributed by atoms with Crippen molar-refractivity contribution in [2.75, 3.05) is 25.7 Å². The van der Waals surface area contributed by atoms with Crippen LogP contribution in [-0.2, 0) is 19.9 Å². The summed E-state index contributed by atoms with van der Waals surface area (Å²) in [6.07, 6.45) is 0.875. The number of hydrogen-bond donors (Lipinski definition) is 0. The molecule has 0 unspecified atom stereocenters. The van der Waals surface area contributed by atoms with Crippen LogP contribution in [0.3, 0.4) is 0 Å². The van der Waals surface area contributed by atoms with Crippen molar-refractivity contribution in [1.82, 2.24) is 4.31 Å². The largest absolute Gasteiger partial charge is 0.497 e. The Labute approximate surface area is 149 Å². The molecule has 9 heteroatoms. The van der Waals surface area contributed by atoms with Gasteiger partial charge in [-0.05, 0) is 31.9 Å². The standard InChI is InChI=1S/C16H25NO6S2/c1-5-12(2)17(13-8-9-24(18,19)11-13)25(20,21)16-10-14(22-3)6-7-15(16)23-4/h6-7,10,12-13H,5,8-9,11H2,1-4H3/t12-,13+/m1/s1. The Bertz CT molecular complexity index is 819. The van der Waals surface area contributed by atoms with Gasteiger partial charge in [-0.25, -0.2) is 16.8 Å². The number of hydrogen-bond acceptors (Lipinski definition) is 6. The van der Waals surface area contributed by atoms with Gasteiger partial charge in [-0.15, -0.1) is 0 Å². The van der Waals surface area contributed by atoms with Crippen LogP contribution in [0.1, 0.15) is 26.7 Å². The van der Waals surface area contributed by atoms with E-state index in [1.807, 2.05) is 6.92 Å². The Morgan fingerprint density at radius 2 is 1.96 bits per heavy atom. The minimum atomic E-state index is -3.96. The number of rotatable bonds is 7. The number of nitrogens with zero attached hydrogens (tertiary/aromatic N) is 1. The minimum absolute atomic E-state index is 0.00929. The highest BCUT2D eigenvalue weighted by atomic mass is 32.2. The van der Waals surface area contributed by atoms with E-state index in [1.165, 1.54) is 30.7 Å². The number of sulfone groups is 1. The molecule has 2 rings (SSSR count). The second-order valence-electron chi connectivity index (χ2n) is 6.17. The predicted molar refractivity (Wildman–Crippen MR) is 95.4 cm³/mol. The van der Waals surface area contributed by atoms with Gasteiger partial charge in [0.05, 0.1) is 25.7 Å². The Morgan fingerprint density at radius 3 is 2.44 bits per heavy atom. The van der Waals surface area contributed by atoms with Gasteiger partial charge >= 0.3 is 0 Å². The van der Waals surface area contributed by atoms with E-state index in [0.29, 0.717) is 18.6 Å². The summed E-state index contributed by atoms with van der Waals surface area (Å²) in [6, 6.07) is 3.66. The quantitative estimate of drug-likeness (QED) is 0.702. The summed E-state index contributed by atoms with van der Waals surface area (Å²) in [5.74, 6) is 0.454. The van der Waals surface area contributed by atoms with Crippen LogP contribution in [-0.4, -0.2) is 58.9 Å². The number of methoxy groups -OCH3 is 2. The lowest BCUT2D eigenvalue weighted by Gasteiger charge is -2.32. The SMILES string of the molecule is CC[C@@H](C)N([C@H]1CCS(=O)(=O)C1)S(=O)(=O)c1cc(OC)ccc1OC. The summed E-state index contributed by atoms with van der Waals surface area (Å²) >= 11 is 0. The fourth-order valence-corrected chi connectivity index (χ4v) is 6.95. The Balaban J connectivity index is 2.56. The van der Waals surface area contributed by atoms with Crippen molar-refractivity contribution >= 4 is 19.9 Å². The van der Waals surface area contributed by atoms with Crippen LogP contribution in [0.2, 0.25) is 0 Å². The first kappa shape index (κ1) is 20.0. The van der Waals surface area contributed by atoms with Crippen molar-refractivity contribution in [2.24, 2.45) is 0 Å². The lowest BCUT2D eigenvalue weighted by atomic mass is 10.2. The first-order chi connectivity index (χ1) is 11.7. The van der Waals surface area contributed by atoms with Gasteiger partial charge < -0.3 is 9.47 Å². The van der Waals surface area contributed by atoms with Crippen LogP contribution in [0, 0.1) is 0 Å². The summed E-state index contributed by atoms with van der Waals surface area (Å²) in [4.78, 5) is -0.0149. The normalized spacial score (nSPS) is 21.2. The van der Waals surface area contributed by atoms with E-state index in [1.54, 1.807) is 13.0 Å².